The number of amides is 1. The van der Waals surface area contributed by atoms with Crippen molar-refractivity contribution >= 4 is 33.7 Å². The van der Waals surface area contributed by atoms with Gasteiger partial charge in [-0.1, -0.05) is 18.2 Å². The van der Waals surface area contributed by atoms with Crippen LogP contribution in [0.4, 0.5) is 9.52 Å². The van der Waals surface area contributed by atoms with Gasteiger partial charge in [-0.2, -0.15) is 0 Å². The van der Waals surface area contributed by atoms with E-state index in [0.717, 1.165) is 11.3 Å². The first kappa shape index (κ1) is 17.4. The lowest BCUT2D eigenvalue weighted by Gasteiger charge is -2.00. The monoisotopic (exact) mass is 396 g/mol. The third-order valence-electron chi connectivity index (χ3n) is 3.77. The molecule has 0 radical (unpaired) electrons. The zero-order chi connectivity index (χ0) is 18.6. The number of rotatable bonds is 5. The minimum atomic E-state index is -0.335. The van der Waals surface area contributed by atoms with Gasteiger partial charge in [-0.3, -0.25) is 15.1 Å². The highest BCUT2D eigenvalue weighted by Crippen LogP contribution is 2.25. The highest BCUT2D eigenvalue weighted by Gasteiger charge is 2.14. The zero-order valence-corrected chi connectivity index (χ0v) is 15.6. The number of carbonyl (C=O) groups excluding carboxylic acids is 1. The molecule has 0 saturated heterocycles. The fourth-order valence-corrected chi connectivity index (χ4v) is 3.95. The third-order valence-corrected chi connectivity index (χ3v) is 5.37. The molecule has 0 saturated carbocycles. The van der Waals surface area contributed by atoms with E-state index in [0.29, 0.717) is 27.8 Å². The highest BCUT2D eigenvalue weighted by molar-refractivity contribution is 7.14. The second kappa shape index (κ2) is 7.73. The lowest BCUT2D eigenvalue weighted by molar-refractivity contribution is 0.102. The zero-order valence-electron chi connectivity index (χ0n) is 13.9. The van der Waals surface area contributed by atoms with Gasteiger partial charge in [-0.25, -0.2) is 14.4 Å². The Morgan fingerprint density at radius 1 is 1.07 bits per heavy atom. The molecule has 1 aromatic carbocycles. The molecule has 0 aliphatic heterocycles. The molecule has 1 amide bonds. The smallest absolute Gasteiger partial charge is 0.276 e. The van der Waals surface area contributed by atoms with Gasteiger partial charge >= 0.3 is 0 Å². The Labute approximate surface area is 162 Å². The Morgan fingerprint density at radius 2 is 1.96 bits per heavy atom. The van der Waals surface area contributed by atoms with E-state index < -0.39 is 0 Å². The summed E-state index contributed by atoms with van der Waals surface area (Å²) in [5.74, 6) is -0.609. The molecule has 0 aliphatic carbocycles. The van der Waals surface area contributed by atoms with E-state index in [1.807, 2.05) is 17.5 Å². The summed E-state index contributed by atoms with van der Waals surface area (Å²) in [5.41, 5.74) is 2.49. The Kier molecular flexibility index (Phi) is 4.99. The number of benzene rings is 1. The molecule has 0 aliphatic rings. The number of hydrogen-bond acceptors (Lipinski definition) is 6. The highest BCUT2D eigenvalue weighted by atomic mass is 32.1. The van der Waals surface area contributed by atoms with E-state index in [2.05, 4.69) is 20.3 Å². The summed E-state index contributed by atoms with van der Waals surface area (Å²) in [5, 5.41) is 7.45. The van der Waals surface area contributed by atoms with Gasteiger partial charge < -0.3 is 0 Å². The second-order valence-electron chi connectivity index (χ2n) is 5.63. The molecule has 27 heavy (non-hydrogen) atoms. The van der Waals surface area contributed by atoms with Crippen molar-refractivity contribution in [2.45, 2.75) is 6.42 Å². The van der Waals surface area contributed by atoms with Crippen LogP contribution in [0.1, 0.15) is 21.1 Å². The predicted octanol–water partition coefficient (Wildman–Crippen LogP) is 4.64. The molecule has 0 bridgehead atoms. The van der Waals surface area contributed by atoms with E-state index in [1.54, 1.807) is 36.0 Å². The summed E-state index contributed by atoms with van der Waals surface area (Å²) >= 11 is 2.66. The molecule has 4 aromatic rings. The molecule has 0 unspecified atom stereocenters. The number of hydrogen-bond donors (Lipinski definition) is 1. The van der Waals surface area contributed by atoms with Crippen LogP contribution in [0.2, 0.25) is 0 Å². The molecule has 1 N–H and O–H groups in total. The first-order chi connectivity index (χ1) is 13.2. The van der Waals surface area contributed by atoms with Crippen molar-refractivity contribution in [3.63, 3.8) is 0 Å². The summed E-state index contributed by atoms with van der Waals surface area (Å²) in [6, 6.07) is 10.3. The lowest BCUT2D eigenvalue weighted by atomic mass is 10.1. The number of anilines is 1. The first-order valence-electron chi connectivity index (χ1n) is 8.04. The molecule has 3 aromatic heterocycles. The number of nitrogens with one attached hydrogen (secondary N) is 1. The van der Waals surface area contributed by atoms with Crippen LogP contribution in [-0.4, -0.2) is 20.9 Å². The van der Waals surface area contributed by atoms with E-state index in [-0.39, 0.29) is 11.7 Å². The maximum atomic E-state index is 13.8. The van der Waals surface area contributed by atoms with Crippen LogP contribution in [0.25, 0.3) is 11.3 Å². The lowest BCUT2D eigenvalue weighted by Crippen LogP contribution is -2.12. The van der Waals surface area contributed by atoms with Crippen LogP contribution >= 0.6 is 22.7 Å². The topological polar surface area (TPSA) is 67.8 Å². The van der Waals surface area contributed by atoms with E-state index in [9.17, 15) is 9.18 Å². The average Bonchev–Trinajstić information content (AvgIpc) is 3.34. The van der Waals surface area contributed by atoms with Crippen molar-refractivity contribution in [3.05, 3.63) is 81.6 Å². The summed E-state index contributed by atoms with van der Waals surface area (Å²) < 4.78 is 13.8. The van der Waals surface area contributed by atoms with Crippen molar-refractivity contribution in [2.75, 3.05) is 5.32 Å². The van der Waals surface area contributed by atoms with Crippen molar-refractivity contribution in [3.8, 4) is 11.3 Å². The van der Waals surface area contributed by atoms with Gasteiger partial charge in [0.15, 0.2) is 5.13 Å². The number of pyridine rings is 1. The van der Waals surface area contributed by atoms with E-state index >= 15 is 0 Å². The van der Waals surface area contributed by atoms with E-state index in [1.165, 1.54) is 28.7 Å². The molecule has 5 nitrogen and oxygen atoms in total. The van der Waals surface area contributed by atoms with Gasteiger partial charge in [0.25, 0.3) is 5.91 Å². The number of aromatic nitrogens is 3. The van der Waals surface area contributed by atoms with Crippen molar-refractivity contribution < 1.29 is 9.18 Å². The number of nitrogens with zero attached hydrogens (tertiary/aromatic N) is 3. The fraction of sp³-hybridized carbons (Fsp3) is 0.0526. The number of carbonyl (C=O) groups is 1. The van der Waals surface area contributed by atoms with Crippen LogP contribution in [0.5, 0.6) is 0 Å². The summed E-state index contributed by atoms with van der Waals surface area (Å²) in [7, 11) is 0. The summed E-state index contributed by atoms with van der Waals surface area (Å²) in [6.07, 6.45) is 3.77. The maximum absolute atomic E-state index is 13.8. The number of halogens is 1. The van der Waals surface area contributed by atoms with Crippen LogP contribution in [0, 0.1) is 5.82 Å². The molecular weight excluding hydrogens is 383 g/mol. The quantitative estimate of drug-likeness (QED) is 0.533. The van der Waals surface area contributed by atoms with Gasteiger partial charge in [-0.05, 0) is 23.8 Å². The van der Waals surface area contributed by atoms with Gasteiger partial charge in [-0.15, -0.1) is 22.7 Å². The third kappa shape index (κ3) is 4.07. The van der Waals surface area contributed by atoms with Gasteiger partial charge in [0, 0.05) is 35.1 Å². The largest absolute Gasteiger partial charge is 0.296 e. The normalized spacial score (nSPS) is 10.7. The Bertz CT molecular complexity index is 1080. The maximum Gasteiger partial charge on any atom is 0.276 e. The molecule has 134 valence electrons. The average molecular weight is 396 g/mol. The summed E-state index contributed by atoms with van der Waals surface area (Å²) in [4.78, 5) is 25.2. The Hall–Kier alpha value is -2.97. The van der Waals surface area contributed by atoms with Crippen LogP contribution in [0.15, 0.2) is 59.6 Å². The second-order valence-corrected chi connectivity index (χ2v) is 7.43. The van der Waals surface area contributed by atoms with Gasteiger partial charge in [0.1, 0.15) is 11.5 Å². The molecule has 0 atom stereocenters. The molecule has 8 heteroatoms. The van der Waals surface area contributed by atoms with Gasteiger partial charge in [0.05, 0.1) is 10.7 Å². The van der Waals surface area contributed by atoms with Gasteiger partial charge in [0.2, 0.25) is 0 Å². The first-order valence-corrected chi connectivity index (χ1v) is 9.80. The Morgan fingerprint density at radius 3 is 2.78 bits per heavy atom. The minimum absolute atomic E-state index is 0.274. The summed E-state index contributed by atoms with van der Waals surface area (Å²) in [6.45, 7) is 0. The molecular formula is C19H13FN4OS2. The number of thiazole rings is 2. The molecule has 3 heterocycles. The van der Waals surface area contributed by atoms with E-state index in [4.69, 9.17) is 0 Å². The SMILES string of the molecule is O=C(Nc1nc(-c2cccnc2)cs1)c1csc(Cc2ccccc2F)n1. The Balaban J connectivity index is 1.44. The molecule has 0 fully saturated rings. The van der Waals surface area contributed by atoms with Crippen molar-refractivity contribution in [1.82, 2.24) is 15.0 Å². The molecule has 4 rings (SSSR count). The molecule has 0 spiro atoms. The fourth-order valence-electron chi connectivity index (χ4n) is 2.44. The van der Waals surface area contributed by atoms with Crippen molar-refractivity contribution in [2.24, 2.45) is 0 Å². The predicted molar refractivity (Wildman–Crippen MR) is 105 cm³/mol. The van der Waals surface area contributed by atoms with Crippen LogP contribution in [-0.2, 0) is 6.42 Å². The van der Waals surface area contributed by atoms with Crippen LogP contribution in [0.3, 0.4) is 0 Å². The van der Waals surface area contributed by atoms with Crippen molar-refractivity contribution in [1.29, 1.82) is 0 Å². The minimum Gasteiger partial charge on any atom is -0.296 e. The van der Waals surface area contributed by atoms with Crippen LogP contribution < -0.4 is 5.32 Å². The standard InChI is InChI=1S/C19H13FN4OS2/c20-14-6-2-1-4-12(14)8-17-22-16(11-26-17)18(25)24-19-23-15(10-27-19)13-5-3-7-21-9-13/h1-7,9-11H,8H2,(H,23,24,25).